The number of benzene rings is 1. The van der Waals surface area contributed by atoms with Crippen molar-refractivity contribution in [2.45, 2.75) is 50.5 Å². The molecule has 5 nitrogen and oxygen atoms in total. The van der Waals surface area contributed by atoms with E-state index in [0.29, 0.717) is 25.3 Å². The second-order valence-corrected chi connectivity index (χ2v) is 8.76. The van der Waals surface area contributed by atoms with Gasteiger partial charge in [0.1, 0.15) is 6.04 Å². The number of carbonyl (C=O) groups excluding carboxylic acids is 1. The molecule has 0 N–H and O–H groups in total. The summed E-state index contributed by atoms with van der Waals surface area (Å²) in [5.74, 6) is -0.617. The molecule has 0 radical (unpaired) electrons. The second-order valence-electron chi connectivity index (χ2n) is 7.85. The first kappa shape index (κ1) is 20.1. The van der Waals surface area contributed by atoms with Crippen LogP contribution in [0, 0.1) is 0 Å². The molecular formula is C22H29BrN2O3. The van der Waals surface area contributed by atoms with Crippen LogP contribution in [0.1, 0.15) is 43.0 Å². The minimum absolute atomic E-state index is 0.0608. The van der Waals surface area contributed by atoms with Gasteiger partial charge in [0.15, 0.2) is 5.79 Å². The van der Waals surface area contributed by atoms with Crippen molar-refractivity contribution < 1.29 is 14.3 Å². The smallest absolute Gasteiger partial charge is 0.254 e. The highest BCUT2D eigenvalue weighted by Gasteiger charge is 2.55. The maximum atomic E-state index is 13.6. The van der Waals surface area contributed by atoms with E-state index in [1.54, 1.807) is 0 Å². The maximum Gasteiger partial charge on any atom is 0.254 e. The first-order chi connectivity index (χ1) is 13.6. The zero-order valence-electron chi connectivity index (χ0n) is 16.5. The van der Waals surface area contributed by atoms with Gasteiger partial charge in [0.05, 0.1) is 13.2 Å². The minimum Gasteiger partial charge on any atom is -0.345 e. The molecule has 2 fully saturated rings. The number of halogens is 1. The molecule has 6 heteroatoms. The molecule has 1 saturated carbocycles. The summed E-state index contributed by atoms with van der Waals surface area (Å²) in [7, 11) is 0. The van der Waals surface area contributed by atoms with Gasteiger partial charge in [0.2, 0.25) is 0 Å². The molecule has 1 saturated heterocycles. The Morgan fingerprint density at radius 3 is 2.71 bits per heavy atom. The van der Waals surface area contributed by atoms with Crippen molar-refractivity contribution >= 4 is 21.8 Å². The predicted molar refractivity (Wildman–Crippen MR) is 112 cm³/mol. The number of hydrogen-bond donors (Lipinski definition) is 0. The van der Waals surface area contributed by atoms with Gasteiger partial charge in [-0.15, -0.1) is 0 Å². The molecule has 1 aromatic rings. The molecule has 152 valence electrons. The third kappa shape index (κ3) is 3.80. The van der Waals surface area contributed by atoms with E-state index in [0.717, 1.165) is 43.2 Å². The summed E-state index contributed by atoms with van der Waals surface area (Å²) >= 11 is 3.50. The molecule has 3 aliphatic rings. The minimum atomic E-state index is -0.678. The van der Waals surface area contributed by atoms with E-state index in [9.17, 15) is 4.79 Å². The van der Waals surface area contributed by atoms with Crippen LogP contribution >= 0.6 is 15.9 Å². The summed E-state index contributed by atoms with van der Waals surface area (Å²) < 4.78 is 13.4. The van der Waals surface area contributed by atoms with Crippen LogP contribution in [0.4, 0.5) is 0 Å². The van der Waals surface area contributed by atoms with E-state index in [-0.39, 0.29) is 18.0 Å². The topological polar surface area (TPSA) is 42.0 Å². The zero-order chi connectivity index (χ0) is 19.6. The van der Waals surface area contributed by atoms with Gasteiger partial charge in [-0.05, 0) is 37.5 Å². The standard InChI is InChI=1S/C22H29BrN2O3/c1-2-11-25(21(26)17-7-5-8-18(23)16-17)20-19(24-12-3-4-13-24)9-6-10-22(20)27-14-15-28-22/h3-5,7-8,16,19-20H,2,6,9-15H2,1H3. The van der Waals surface area contributed by atoms with E-state index in [2.05, 4.69) is 39.9 Å². The fourth-order valence-electron chi connectivity index (χ4n) is 4.93. The number of rotatable bonds is 5. The quantitative estimate of drug-likeness (QED) is 0.641. The molecule has 1 amide bonds. The average molecular weight is 449 g/mol. The van der Waals surface area contributed by atoms with Crippen molar-refractivity contribution in [3.05, 3.63) is 46.5 Å². The lowest BCUT2D eigenvalue weighted by Gasteiger charge is -2.51. The first-order valence-electron chi connectivity index (χ1n) is 10.4. The van der Waals surface area contributed by atoms with Crippen molar-refractivity contribution in [1.82, 2.24) is 9.80 Å². The molecule has 0 aromatic heterocycles. The van der Waals surface area contributed by atoms with E-state index >= 15 is 0 Å². The van der Waals surface area contributed by atoms with Crippen LogP contribution < -0.4 is 0 Å². The van der Waals surface area contributed by atoms with E-state index in [4.69, 9.17) is 9.47 Å². The van der Waals surface area contributed by atoms with Crippen LogP contribution in [0.3, 0.4) is 0 Å². The molecule has 2 atom stereocenters. The van der Waals surface area contributed by atoms with Gasteiger partial charge in [0.25, 0.3) is 5.91 Å². The molecule has 28 heavy (non-hydrogen) atoms. The van der Waals surface area contributed by atoms with Gasteiger partial charge in [0, 0.05) is 42.1 Å². The average Bonchev–Trinajstić information content (AvgIpc) is 3.39. The zero-order valence-corrected chi connectivity index (χ0v) is 18.1. The van der Waals surface area contributed by atoms with Gasteiger partial charge >= 0.3 is 0 Å². The SMILES string of the molecule is CCCN(C(=O)c1cccc(Br)c1)C1C(N2CC=CC2)CCCC12OCCO2. The number of amides is 1. The number of ether oxygens (including phenoxy) is 2. The van der Waals surface area contributed by atoms with Crippen molar-refractivity contribution in [3.63, 3.8) is 0 Å². The lowest BCUT2D eigenvalue weighted by molar-refractivity contribution is -0.226. The summed E-state index contributed by atoms with van der Waals surface area (Å²) in [5, 5.41) is 0. The van der Waals surface area contributed by atoms with E-state index < -0.39 is 5.79 Å². The second kappa shape index (κ2) is 8.66. The molecule has 1 aromatic carbocycles. The third-order valence-corrected chi connectivity index (χ3v) is 6.56. The summed E-state index contributed by atoms with van der Waals surface area (Å²) in [6, 6.07) is 7.81. The summed E-state index contributed by atoms with van der Waals surface area (Å²) in [4.78, 5) is 18.1. The van der Waals surface area contributed by atoms with Crippen molar-refractivity contribution in [1.29, 1.82) is 0 Å². The van der Waals surface area contributed by atoms with Gasteiger partial charge in [-0.25, -0.2) is 0 Å². The molecule has 4 rings (SSSR count). The highest BCUT2D eigenvalue weighted by Crippen LogP contribution is 2.42. The lowest BCUT2D eigenvalue weighted by atomic mass is 9.82. The maximum absolute atomic E-state index is 13.6. The highest BCUT2D eigenvalue weighted by molar-refractivity contribution is 9.10. The number of nitrogens with zero attached hydrogens (tertiary/aromatic N) is 2. The fraction of sp³-hybridized carbons (Fsp3) is 0.591. The molecule has 2 aliphatic heterocycles. The van der Waals surface area contributed by atoms with Crippen LogP contribution in [0.5, 0.6) is 0 Å². The Balaban J connectivity index is 1.71. The Morgan fingerprint density at radius 2 is 2.04 bits per heavy atom. The molecular weight excluding hydrogens is 420 g/mol. The Hall–Kier alpha value is -1.21. The molecule has 1 aliphatic carbocycles. The van der Waals surface area contributed by atoms with E-state index in [1.807, 2.05) is 29.2 Å². The van der Waals surface area contributed by atoms with E-state index in [1.165, 1.54) is 0 Å². The van der Waals surface area contributed by atoms with Crippen LogP contribution in [0.2, 0.25) is 0 Å². The van der Waals surface area contributed by atoms with Crippen molar-refractivity contribution in [3.8, 4) is 0 Å². The Kier molecular flexibility index (Phi) is 6.21. The Labute approximate surface area is 175 Å². The van der Waals surface area contributed by atoms with Gasteiger partial charge in [-0.3, -0.25) is 9.69 Å². The molecule has 1 spiro atoms. The molecule has 2 heterocycles. The predicted octanol–water partition coefficient (Wildman–Crippen LogP) is 3.84. The summed E-state index contributed by atoms with van der Waals surface area (Å²) in [6.07, 6.45) is 8.30. The highest BCUT2D eigenvalue weighted by atomic mass is 79.9. The van der Waals surface area contributed by atoms with Crippen LogP contribution in [0.15, 0.2) is 40.9 Å². The van der Waals surface area contributed by atoms with Crippen molar-refractivity contribution in [2.75, 3.05) is 32.8 Å². The fourth-order valence-corrected chi connectivity index (χ4v) is 5.33. The van der Waals surface area contributed by atoms with Crippen LogP contribution in [0.25, 0.3) is 0 Å². The number of hydrogen-bond acceptors (Lipinski definition) is 4. The van der Waals surface area contributed by atoms with Crippen LogP contribution in [-0.4, -0.2) is 66.4 Å². The monoisotopic (exact) mass is 448 g/mol. The first-order valence-corrected chi connectivity index (χ1v) is 11.2. The van der Waals surface area contributed by atoms with Crippen LogP contribution in [-0.2, 0) is 9.47 Å². The van der Waals surface area contributed by atoms with Gasteiger partial charge in [-0.1, -0.05) is 41.1 Å². The lowest BCUT2D eigenvalue weighted by Crippen LogP contribution is -2.66. The summed E-state index contributed by atoms with van der Waals surface area (Å²) in [6.45, 7) is 5.89. The normalized spacial score (nSPS) is 26.8. The van der Waals surface area contributed by atoms with Gasteiger partial charge < -0.3 is 14.4 Å². The van der Waals surface area contributed by atoms with Gasteiger partial charge in [-0.2, -0.15) is 0 Å². The summed E-state index contributed by atoms with van der Waals surface area (Å²) in [5.41, 5.74) is 0.708. The molecule has 2 unspecified atom stereocenters. The largest absolute Gasteiger partial charge is 0.345 e. The molecule has 0 bridgehead atoms. The number of carbonyl (C=O) groups is 1. The van der Waals surface area contributed by atoms with Crippen molar-refractivity contribution in [2.24, 2.45) is 0 Å². The third-order valence-electron chi connectivity index (χ3n) is 6.06. The Bertz CT molecular complexity index is 724. The Morgan fingerprint density at radius 1 is 1.29 bits per heavy atom.